The van der Waals surface area contributed by atoms with Gasteiger partial charge in [0.2, 0.25) is 0 Å². The molecule has 0 aromatic rings. The van der Waals surface area contributed by atoms with E-state index in [-0.39, 0.29) is 0 Å². The highest BCUT2D eigenvalue weighted by Crippen LogP contribution is 2.28. The van der Waals surface area contributed by atoms with Crippen molar-refractivity contribution in [1.82, 2.24) is 5.32 Å². The van der Waals surface area contributed by atoms with E-state index in [1.54, 1.807) is 0 Å². The highest BCUT2D eigenvalue weighted by atomic mass is 32.2. The molecule has 0 amide bonds. The largest absolute Gasteiger partial charge is 0.467 e. The van der Waals surface area contributed by atoms with Crippen molar-refractivity contribution in [1.29, 1.82) is 0 Å². The van der Waals surface area contributed by atoms with Gasteiger partial charge in [0, 0.05) is 24.2 Å². The van der Waals surface area contributed by atoms with Gasteiger partial charge in [-0.1, -0.05) is 39.5 Å². The molecule has 0 unspecified atom stereocenters. The zero-order valence-electron chi connectivity index (χ0n) is 12.0. The first-order valence-corrected chi connectivity index (χ1v) is 6.67. The van der Waals surface area contributed by atoms with E-state index in [4.69, 9.17) is 4.74 Å². The number of rotatable bonds is 10. The Morgan fingerprint density at radius 1 is 0.947 bits per heavy atom. The average molecular weight is 277 g/mol. The number of allylic oxidation sites excluding steroid dienone is 3. The molecule has 0 aromatic carbocycles. The molecule has 0 spiro atoms. The minimum Gasteiger partial charge on any atom is -0.467 e. The molecule has 0 radical (unpaired) electrons. The van der Waals surface area contributed by atoms with Crippen LogP contribution in [0.5, 0.6) is 0 Å². The molecule has 0 fully saturated rings. The highest BCUT2D eigenvalue weighted by molar-refractivity contribution is 8.06. The summed E-state index contributed by atoms with van der Waals surface area (Å²) in [6, 6.07) is 0. The van der Waals surface area contributed by atoms with Gasteiger partial charge in [0.05, 0.1) is 0 Å². The van der Waals surface area contributed by atoms with Gasteiger partial charge in [-0.25, -0.2) is 0 Å². The lowest BCUT2D eigenvalue weighted by Gasteiger charge is -2.14. The molecule has 2 nitrogen and oxygen atoms in total. The van der Waals surface area contributed by atoms with Gasteiger partial charge in [-0.2, -0.15) is 0 Å². The van der Waals surface area contributed by atoms with Gasteiger partial charge in [-0.3, -0.25) is 0 Å². The Kier molecular flexibility index (Phi) is 7.77. The quantitative estimate of drug-likeness (QED) is 0.553. The molecule has 0 aliphatic carbocycles. The molecule has 0 heterocycles. The van der Waals surface area contributed by atoms with E-state index >= 15 is 0 Å². The molecule has 0 aromatic heterocycles. The van der Waals surface area contributed by atoms with Crippen LogP contribution in [0, 0.1) is 0 Å². The predicted octanol–water partition coefficient (Wildman–Crippen LogP) is 5.23. The maximum Gasteiger partial charge on any atom is 0.102 e. The van der Waals surface area contributed by atoms with Crippen molar-refractivity contribution in [2.24, 2.45) is 0 Å². The second-order valence-corrected chi connectivity index (χ2v) is 5.86. The van der Waals surface area contributed by atoms with Gasteiger partial charge in [-0.15, -0.1) is 11.8 Å². The predicted molar refractivity (Wildman–Crippen MR) is 87.2 cm³/mol. The fourth-order valence-corrected chi connectivity index (χ4v) is 2.09. The Morgan fingerprint density at radius 3 is 1.95 bits per heavy atom. The number of hydrogen-bond donors (Lipinski definition) is 1. The van der Waals surface area contributed by atoms with Gasteiger partial charge in [0.15, 0.2) is 0 Å². The number of ether oxygens (including phenoxy) is 1. The zero-order chi connectivity index (χ0) is 15.0. The van der Waals surface area contributed by atoms with Crippen molar-refractivity contribution in [3.63, 3.8) is 0 Å². The summed E-state index contributed by atoms with van der Waals surface area (Å²) >= 11 is 1.53. The van der Waals surface area contributed by atoms with E-state index in [1.165, 1.54) is 11.8 Å². The van der Waals surface area contributed by atoms with Crippen LogP contribution in [0.4, 0.5) is 0 Å². The van der Waals surface area contributed by atoms with Crippen LogP contribution in [0.25, 0.3) is 0 Å². The fraction of sp³-hybridized carbons (Fsp3) is 0.250. The third kappa shape index (κ3) is 10.0. The topological polar surface area (TPSA) is 21.3 Å². The first kappa shape index (κ1) is 17.4. The third-order valence-electron chi connectivity index (χ3n) is 1.80. The van der Waals surface area contributed by atoms with Crippen LogP contribution in [0.2, 0.25) is 0 Å². The molecule has 0 aliphatic rings. The summed E-state index contributed by atoms with van der Waals surface area (Å²) in [5, 5.41) is 3.02. The summed E-state index contributed by atoms with van der Waals surface area (Å²) in [6.45, 7) is 26.9. The normalized spacial score (nSPS) is 9.37. The Morgan fingerprint density at radius 2 is 1.47 bits per heavy atom. The summed E-state index contributed by atoms with van der Waals surface area (Å²) < 4.78 is 5.53. The molecule has 0 rings (SSSR count). The van der Waals surface area contributed by atoms with Crippen LogP contribution >= 0.6 is 11.8 Å². The number of hydrogen-bond acceptors (Lipinski definition) is 3. The van der Waals surface area contributed by atoms with Crippen molar-refractivity contribution in [2.75, 3.05) is 0 Å². The van der Waals surface area contributed by atoms with E-state index in [0.717, 1.165) is 21.2 Å². The highest BCUT2D eigenvalue weighted by Gasteiger charge is 2.05. The molecule has 1 N–H and O–H groups in total. The lowest BCUT2D eigenvalue weighted by molar-refractivity contribution is 0.292. The van der Waals surface area contributed by atoms with Crippen molar-refractivity contribution >= 4 is 11.8 Å². The van der Waals surface area contributed by atoms with Crippen molar-refractivity contribution in [3.8, 4) is 0 Å². The van der Waals surface area contributed by atoms with Crippen LogP contribution in [-0.4, -0.2) is 0 Å². The second kappa shape index (κ2) is 8.48. The third-order valence-corrected chi connectivity index (χ3v) is 2.58. The minimum atomic E-state index is 0.520. The van der Waals surface area contributed by atoms with Crippen LogP contribution in [0.1, 0.15) is 26.7 Å². The molecular weight excluding hydrogens is 254 g/mol. The molecule has 104 valence electrons. The summed E-state index contributed by atoms with van der Waals surface area (Å²) in [4.78, 5) is 1.94. The average Bonchev–Trinajstić information content (AvgIpc) is 2.12. The van der Waals surface area contributed by atoms with E-state index in [1.807, 2.05) is 13.8 Å². The monoisotopic (exact) mass is 277 g/mol. The van der Waals surface area contributed by atoms with Gasteiger partial charge in [0.25, 0.3) is 0 Å². The summed E-state index contributed by atoms with van der Waals surface area (Å²) in [5.74, 6) is 1.21. The summed E-state index contributed by atoms with van der Waals surface area (Å²) in [5.41, 5.74) is 1.63. The SMILES string of the molecule is C=C(C)NC(=C)CC(=C)OC(=C)CC(=C)SC(=C)C. The summed E-state index contributed by atoms with van der Waals surface area (Å²) in [6.07, 6.45) is 1.10. The van der Waals surface area contributed by atoms with Gasteiger partial charge < -0.3 is 10.1 Å². The lowest BCUT2D eigenvalue weighted by Crippen LogP contribution is -2.09. The van der Waals surface area contributed by atoms with E-state index in [0.29, 0.717) is 24.4 Å². The molecule has 0 saturated heterocycles. The van der Waals surface area contributed by atoms with Crippen molar-refractivity contribution in [2.45, 2.75) is 26.7 Å². The van der Waals surface area contributed by atoms with Crippen molar-refractivity contribution in [3.05, 3.63) is 72.2 Å². The molecular formula is C16H23NOS. The molecule has 19 heavy (non-hydrogen) atoms. The van der Waals surface area contributed by atoms with Crippen LogP contribution in [0.15, 0.2) is 72.2 Å². The van der Waals surface area contributed by atoms with Gasteiger partial charge >= 0.3 is 0 Å². The molecule has 0 saturated carbocycles. The fourth-order valence-electron chi connectivity index (χ4n) is 1.36. The molecule has 0 aliphatic heterocycles. The molecule has 0 bridgehead atoms. The Hall–Kier alpha value is -1.61. The second-order valence-electron chi connectivity index (χ2n) is 4.38. The smallest absolute Gasteiger partial charge is 0.102 e. The maximum absolute atomic E-state index is 5.53. The van der Waals surface area contributed by atoms with Crippen LogP contribution in [-0.2, 0) is 4.74 Å². The van der Waals surface area contributed by atoms with E-state index in [2.05, 4.69) is 44.8 Å². The standard InChI is InChI=1S/C16H23NOS/c1-11(2)17-13(5)9-14(6)18-15(7)10-16(8)19-12(3)4/h17H,1,3,5-10H2,2,4H3. The molecule has 3 heteroatoms. The zero-order valence-corrected chi connectivity index (χ0v) is 12.8. The number of thioether (sulfide) groups is 1. The van der Waals surface area contributed by atoms with E-state index in [9.17, 15) is 0 Å². The minimum absolute atomic E-state index is 0.520. The Labute approximate surface area is 121 Å². The Balaban J connectivity index is 4.09. The number of nitrogens with one attached hydrogen (secondary N) is 1. The molecule has 0 atom stereocenters. The van der Waals surface area contributed by atoms with E-state index < -0.39 is 0 Å². The van der Waals surface area contributed by atoms with Crippen LogP contribution < -0.4 is 5.32 Å². The van der Waals surface area contributed by atoms with Gasteiger partial charge in [0.1, 0.15) is 11.5 Å². The van der Waals surface area contributed by atoms with Gasteiger partial charge in [-0.05, 0) is 23.7 Å². The van der Waals surface area contributed by atoms with Crippen LogP contribution in [0.3, 0.4) is 0 Å². The summed E-state index contributed by atoms with van der Waals surface area (Å²) in [7, 11) is 0. The first-order chi connectivity index (χ1) is 8.70. The maximum atomic E-state index is 5.53. The Bertz CT molecular complexity index is 392. The first-order valence-electron chi connectivity index (χ1n) is 5.85. The van der Waals surface area contributed by atoms with Crippen molar-refractivity contribution < 1.29 is 4.74 Å². The lowest BCUT2D eigenvalue weighted by atomic mass is 10.3.